The molecule has 0 unspecified atom stereocenters. The van der Waals surface area contributed by atoms with E-state index in [9.17, 15) is 14.1 Å². The van der Waals surface area contributed by atoms with E-state index < -0.39 is 0 Å². The first kappa shape index (κ1) is 25.1. The molecule has 30 heavy (non-hydrogen) atoms. The number of aldehydes is 1. The van der Waals surface area contributed by atoms with Gasteiger partial charge in [-0.1, -0.05) is 17.3 Å². The molecule has 0 radical (unpaired) electrons. The quantitative estimate of drug-likeness (QED) is 0.439. The van der Waals surface area contributed by atoms with Gasteiger partial charge in [0, 0.05) is 18.1 Å². The second-order valence-electron chi connectivity index (χ2n) is 6.69. The van der Waals surface area contributed by atoms with Gasteiger partial charge in [-0.25, -0.2) is 4.39 Å². The van der Waals surface area contributed by atoms with Gasteiger partial charge in [0.2, 0.25) is 0 Å². The molecule has 3 rings (SSSR count). The van der Waals surface area contributed by atoms with Crippen molar-refractivity contribution in [3.63, 3.8) is 0 Å². The Balaban J connectivity index is 0.000000485. The van der Waals surface area contributed by atoms with Crippen molar-refractivity contribution in [2.24, 2.45) is 5.18 Å². The highest BCUT2D eigenvalue weighted by Crippen LogP contribution is 2.33. The van der Waals surface area contributed by atoms with Crippen molar-refractivity contribution < 1.29 is 18.3 Å². The Kier molecular flexibility index (Phi) is 11.2. The summed E-state index contributed by atoms with van der Waals surface area (Å²) in [6.07, 6.45) is 1.63. The number of furan rings is 1. The number of rotatable bonds is 6. The summed E-state index contributed by atoms with van der Waals surface area (Å²) >= 11 is 0. The van der Waals surface area contributed by atoms with Crippen LogP contribution in [-0.2, 0) is 11.2 Å². The van der Waals surface area contributed by atoms with Crippen LogP contribution in [0.1, 0.15) is 29.8 Å². The molecule has 0 spiro atoms. The number of halogens is 1. The monoisotopic (exact) mass is 416 g/mol. The van der Waals surface area contributed by atoms with Gasteiger partial charge in [-0.15, -0.1) is 0 Å². The average molecular weight is 416 g/mol. The van der Waals surface area contributed by atoms with Crippen LogP contribution in [0.3, 0.4) is 0 Å². The normalized spacial score (nSPS) is 10.1. The minimum absolute atomic E-state index is 0.192. The molecular weight excluding hydrogens is 387 g/mol. The molecule has 0 bridgehead atoms. The van der Waals surface area contributed by atoms with Crippen molar-refractivity contribution in [3.8, 4) is 11.3 Å². The molecule has 0 saturated carbocycles. The van der Waals surface area contributed by atoms with Crippen LogP contribution in [0.15, 0.2) is 52.1 Å². The molecule has 0 aliphatic rings. The Labute approximate surface area is 176 Å². The smallest absolute Gasteiger partial charge is 0.154 e. The Hall–Kier alpha value is -2.90. The maximum atomic E-state index is 13.0. The summed E-state index contributed by atoms with van der Waals surface area (Å²) in [6.45, 7) is 4.19. The molecule has 7 heteroatoms. The number of ether oxygens (including phenoxy) is 1. The van der Waals surface area contributed by atoms with E-state index in [4.69, 9.17) is 9.15 Å². The number of nitrogens with zero attached hydrogens (tertiary/aromatic N) is 1. The molecule has 1 N–H and O–H groups in total. The SMILES string of the molecule is CNC.COC(C)C.O=Cc1c(-c2ccc(F)cc2)oc2cc(CCN=O)ccc12. The molecule has 0 aliphatic heterocycles. The third-order valence-corrected chi connectivity index (χ3v) is 3.98. The maximum absolute atomic E-state index is 13.0. The van der Waals surface area contributed by atoms with E-state index >= 15 is 0 Å². The van der Waals surface area contributed by atoms with Gasteiger partial charge in [0.1, 0.15) is 17.2 Å². The summed E-state index contributed by atoms with van der Waals surface area (Å²) in [5, 5.41) is 6.28. The number of nitroso groups, excluding NO2 is 1. The fourth-order valence-corrected chi connectivity index (χ4v) is 2.42. The molecule has 1 aromatic heterocycles. The van der Waals surface area contributed by atoms with Crippen molar-refractivity contribution in [1.29, 1.82) is 0 Å². The second-order valence-corrected chi connectivity index (χ2v) is 6.69. The van der Waals surface area contributed by atoms with Crippen molar-refractivity contribution in [2.75, 3.05) is 27.7 Å². The Morgan fingerprint density at radius 1 is 1.17 bits per heavy atom. The number of carbonyl (C=O) groups is 1. The third-order valence-electron chi connectivity index (χ3n) is 3.98. The number of hydrogen-bond acceptors (Lipinski definition) is 6. The lowest BCUT2D eigenvalue weighted by atomic mass is 10.0. The topological polar surface area (TPSA) is 80.9 Å². The second kappa shape index (κ2) is 13.3. The lowest BCUT2D eigenvalue weighted by Crippen LogP contribution is -1.94. The summed E-state index contributed by atoms with van der Waals surface area (Å²) in [7, 11) is 5.45. The number of benzene rings is 2. The largest absolute Gasteiger partial charge is 0.455 e. The zero-order valence-corrected chi connectivity index (χ0v) is 18.1. The maximum Gasteiger partial charge on any atom is 0.154 e. The standard InChI is InChI=1S/C17H12FNO3.C4H10O.C2H7N/c18-13-4-2-12(3-5-13)17-15(10-20)14-6-1-11(7-8-19-21)9-16(14)22-17;1-4(2)5-3;1-3-2/h1-6,9-10H,7-8H2;4H,1-3H3;3H,1-2H3. The van der Waals surface area contributed by atoms with Crippen molar-refractivity contribution in [2.45, 2.75) is 26.4 Å². The zero-order valence-electron chi connectivity index (χ0n) is 18.1. The van der Waals surface area contributed by atoms with Crippen LogP contribution in [0.5, 0.6) is 0 Å². The Bertz CT molecular complexity index is 921. The number of nitrogens with one attached hydrogen (secondary N) is 1. The van der Waals surface area contributed by atoms with Gasteiger partial charge in [-0.3, -0.25) is 4.79 Å². The summed E-state index contributed by atoms with van der Waals surface area (Å²) in [5.74, 6) is 0.0619. The van der Waals surface area contributed by atoms with Gasteiger partial charge in [-0.2, -0.15) is 4.91 Å². The molecule has 0 saturated heterocycles. The number of carbonyl (C=O) groups excluding carboxylic acids is 1. The summed E-state index contributed by atoms with van der Waals surface area (Å²) in [6, 6.07) is 11.2. The van der Waals surface area contributed by atoms with Crippen LogP contribution in [0, 0.1) is 10.7 Å². The van der Waals surface area contributed by atoms with Crippen molar-refractivity contribution in [3.05, 3.63) is 64.3 Å². The van der Waals surface area contributed by atoms with Crippen LogP contribution in [0.4, 0.5) is 4.39 Å². The van der Waals surface area contributed by atoms with Crippen molar-refractivity contribution >= 4 is 17.3 Å². The number of methoxy groups -OCH3 is 1. The van der Waals surface area contributed by atoms with E-state index in [1.54, 1.807) is 31.4 Å². The highest BCUT2D eigenvalue weighted by molar-refractivity contribution is 6.02. The van der Waals surface area contributed by atoms with Crippen LogP contribution >= 0.6 is 0 Å². The van der Waals surface area contributed by atoms with Crippen LogP contribution < -0.4 is 5.32 Å². The Morgan fingerprint density at radius 2 is 1.77 bits per heavy atom. The van der Waals surface area contributed by atoms with Gasteiger partial charge >= 0.3 is 0 Å². The zero-order chi connectivity index (χ0) is 22.5. The van der Waals surface area contributed by atoms with E-state index in [2.05, 4.69) is 10.5 Å². The minimum Gasteiger partial charge on any atom is -0.455 e. The lowest BCUT2D eigenvalue weighted by molar-refractivity contribution is 0.112. The fraction of sp³-hybridized carbons (Fsp3) is 0.348. The molecule has 0 aliphatic carbocycles. The first-order valence-electron chi connectivity index (χ1n) is 9.58. The van der Waals surface area contributed by atoms with Gasteiger partial charge in [0.15, 0.2) is 6.29 Å². The highest BCUT2D eigenvalue weighted by Gasteiger charge is 2.15. The van der Waals surface area contributed by atoms with Crippen LogP contribution in [0.25, 0.3) is 22.3 Å². The van der Waals surface area contributed by atoms with E-state index in [0.29, 0.717) is 40.4 Å². The molecule has 162 valence electrons. The minimum atomic E-state index is -0.351. The predicted octanol–water partition coefficient (Wildman–Crippen LogP) is 5.24. The van der Waals surface area contributed by atoms with Gasteiger partial charge < -0.3 is 14.5 Å². The van der Waals surface area contributed by atoms with Crippen LogP contribution in [-0.4, -0.2) is 40.1 Å². The molecule has 0 fully saturated rings. The molecule has 0 atom stereocenters. The Morgan fingerprint density at radius 3 is 2.27 bits per heavy atom. The summed E-state index contributed by atoms with van der Waals surface area (Å²) < 4.78 is 23.6. The molecule has 6 nitrogen and oxygen atoms in total. The lowest BCUT2D eigenvalue weighted by Gasteiger charge is -1.97. The first-order chi connectivity index (χ1) is 14.4. The molecule has 2 aromatic carbocycles. The van der Waals surface area contributed by atoms with Gasteiger partial charge in [0.25, 0.3) is 0 Å². The first-order valence-corrected chi connectivity index (χ1v) is 9.58. The predicted molar refractivity (Wildman–Crippen MR) is 118 cm³/mol. The van der Waals surface area contributed by atoms with Crippen LogP contribution in [0.2, 0.25) is 0 Å². The molecule has 0 amide bonds. The molecular formula is C23H29FN2O4. The average Bonchev–Trinajstić information content (AvgIpc) is 3.11. The van der Waals surface area contributed by atoms with E-state index in [1.165, 1.54) is 12.1 Å². The molecule has 3 aromatic rings. The number of fused-ring (bicyclic) bond motifs is 1. The fourth-order valence-electron chi connectivity index (χ4n) is 2.42. The van der Waals surface area contributed by atoms with E-state index in [-0.39, 0.29) is 12.4 Å². The highest BCUT2D eigenvalue weighted by atomic mass is 19.1. The van der Waals surface area contributed by atoms with Gasteiger partial charge in [-0.05, 0) is 70.3 Å². The number of hydrogen-bond donors (Lipinski definition) is 1. The van der Waals surface area contributed by atoms with Gasteiger partial charge in [0.05, 0.1) is 18.2 Å². The summed E-state index contributed by atoms with van der Waals surface area (Å²) in [5.41, 5.74) is 2.53. The third kappa shape index (κ3) is 7.50. The van der Waals surface area contributed by atoms with Crippen molar-refractivity contribution in [1.82, 2.24) is 5.32 Å². The summed E-state index contributed by atoms with van der Waals surface area (Å²) in [4.78, 5) is 21.6. The van der Waals surface area contributed by atoms with E-state index in [0.717, 1.165) is 11.8 Å². The molecule has 1 heterocycles. The van der Waals surface area contributed by atoms with E-state index in [1.807, 2.05) is 34.0 Å².